The van der Waals surface area contributed by atoms with Gasteiger partial charge in [-0.1, -0.05) is 38.1 Å². The summed E-state index contributed by atoms with van der Waals surface area (Å²) in [7, 11) is 0. The van der Waals surface area contributed by atoms with Crippen molar-refractivity contribution >= 4 is 10.8 Å². The van der Waals surface area contributed by atoms with Gasteiger partial charge in [0.15, 0.2) is 0 Å². The second kappa shape index (κ2) is 5.45. The second-order valence-corrected chi connectivity index (χ2v) is 5.07. The van der Waals surface area contributed by atoms with E-state index in [2.05, 4.69) is 48.1 Å². The Labute approximate surface area is 119 Å². The number of hydrogen-bond acceptors (Lipinski definition) is 2. The largest absolute Gasteiger partial charge is 0.290 e. The van der Waals surface area contributed by atoms with E-state index < -0.39 is 0 Å². The van der Waals surface area contributed by atoms with Crippen molar-refractivity contribution in [2.24, 2.45) is 0 Å². The highest BCUT2D eigenvalue weighted by atomic mass is 15.1. The van der Waals surface area contributed by atoms with Crippen molar-refractivity contribution in [2.75, 3.05) is 0 Å². The molecule has 0 amide bonds. The van der Waals surface area contributed by atoms with E-state index in [1.165, 1.54) is 16.3 Å². The van der Waals surface area contributed by atoms with Gasteiger partial charge in [0, 0.05) is 24.0 Å². The zero-order valence-electron chi connectivity index (χ0n) is 12.0. The highest BCUT2D eigenvalue weighted by Gasteiger charge is 2.14. The van der Waals surface area contributed by atoms with Crippen LogP contribution in [-0.4, -0.2) is 14.5 Å². The third kappa shape index (κ3) is 2.09. The van der Waals surface area contributed by atoms with Crippen LogP contribution in [0.25, 0.3) is 16.6 Å². The van der Waals surface area contributed by atoms with Gasteiger partial charge in [-0.15, -0.1) is 0 Å². The van der Waals surface area contributed by atoms with Gasteiger partial charge in [0.25, 0.3) is 0 Å². The minimum Gasteiger partial charge on any atom is -0.290 e. The van der Waals surface area contributed by atoms with E-state index in [0.717, 1.165) is 18.7 Å². The first kappa shape index (κ1) is 12.9. The molecule has 2 heterocycles. The maximum atomic E-state index is 4.69. The molecule has 0 N–H and O–H groups in total. The zero-order valence-corrected chi connectivity index (χ0v) is 12.0. The molecular formula is C17H19N3. The minimum absolute atomic E-state index is 0.573. The van der Waals surface area contributed by atoms with Crippen LogP contribution < -0.4 is 0 Å². The minimum atomic E-state index is 0.573. The molecule has 2 aromatic heterocycles. The molecule has 3 rings (SSSR count). The van der Waals surface area contributed by atoms with Gasteiger partial charge < -0.3 is 0 Å². The summed E-state index contributed by atoms with van der Waals surface area (Å²) in [4.78, 5) is 8.81. The van der Waals surface area contributed by atoms with Gasteiger partial charge >= 0.3 is 0 Å². The van der Waals surface area contributed by atoms with Gasteiger partial charge in [-0.2, -0.15) is 0 Å². The molecule has 0 saturated carbocycles. The Bertz CT molecular complexity index is 697. The third-order valence-electron chi connectivity index (χ3n) is 3.98. The molecule has 0 spiro atoms. The number of fused-ring (bicyclic) bond motifs is 1. The maximum Gasteiger partial charge on any atom is 0.145 e. The van der Waals surface area contributed by atoms with Crippen LogP contribution in [0, 0.1) is 0 Å². The molecular weight excluding hydrogens is 246 g/mol. The van der Waals surface area contributed by atoms with E-state index in [9.17, 15) is 0 Å². The summed E-state index contributed by atoms with van der Waals surface area (Å²) in [6.07, 6.45) is 9.84. The Morgan fingerprint density at radius 3 is 2.50 bits per heavy atom. The zero-order chi connectivity index (χ0) is 13.9. The van der Waals surface area contributed by atoms with Crippen molar-refractivity contribution in [1.29, 1.82) is 0 Å². The van der Waals surface area contributed by atoms with Crippen molar-refractivity contribution in [2.45, 2.75) is 32.6 Å². The lowest BCUT2D eigenvalue weighted by Gasteiger charge is -2.17. The maximum absolute atomic E-state index is 4.69. The lowest BCUT2D eigenvalue weighted by atomic mass is 9.91. The Morgan fingerprint density at radius 1 is 1.10 bits per heavy atom. The first-order chi connectivity index (χ1) is 9.85. The number of benzene rings is 1. The quantitative estimate of drug-likeness (QED) is 0.703. The predicted molar refractivity (Wildman–Crippen MR) is 82.2 cm³/mol. The summed E-state index contributed by atoms with van der Waals surface area (Å²) < 4.78 is 1.97. The van der Waals surface area contributed by atoms with Crippen LogP contribution in [0.4, 0.5) is 0 Å². The Hall–Kier alpha value is -2.16. The molecule has 0 aliphatic rings. The van der Waals surface area contributed by atoms with Crippen LogP contribution in [0.1, 0.15) is 38.2 Å². The average molecular weight is 265 g/mol. The standard InChI is InChI=1S/C17H19N3/c1-3-13(4-2)16-11-19-17(20-10-9-18-12-20)15-8-6-5-7-14(15)16/h5-13H,3-4H2,1-2H3. The monoisotopic (exact) mass is 265 g/mol. The molecule has 3 heteroatoms. The van der Waals surface area contributed by atoms with E-state index in [0.29, 0.717) is 5.92 Å². The van der Waals surface area contributed by atoms with Crippen molar-refractivity contribution in [1.82, 2.24) is 14.5 Å². The smallest absolute Gasteiger partial charge is 0.145 e. The van der Waals surface area contributed by atoms with Gasteiger partial charge in [0.2, 0.25) is 0 Å². The van der Waals surface area contributed by atoms with Gasteiger partial charge in [-0.3, -0.25) is 4.57 Å². The Morgan fingerprint density at radius 2 is 1.85 bits per heavy atom. The molecule has 3 nitrogen and oxygen atoms in total. The molecule has 0 saturated heterocycles. The molecule has 0 bridgehead atoms. The lowest BCUT2D eigenvalue weighted by Crippen LogP contribution is -2.02. The first-order valence-electron chi connectivity index (χ1n) is 7.21. The van der Waals surface area contributed by atoms with Gasteiger partial charge in [-0.05, 0) is 29.7 Å². The molecule has 0 aliphatic heterocycles. The van der Waals surface area contributed by atoms with E-state index in [4.69, 9.17) is 0 Å². The Balaban J connectivity index is 2.25. The summed E-state index contributed by atoms with van der Waals surface area (Å²) in [6.45, 7) is 4.49. The number of rotatable bonds is 4. The van der Waals surface area contributed by atoms with Gasteiger partial charge in [-0.25, -0.2) is 9.97 Å². The fourth-order valence-electron chi connectivity index (χ4n) is 2.84. The SMILES string of the molecule is CCC(CC)c1cnc(-n2ccnc2)c2ccccc12. The number of nitrogens with zero attached hydrogens (tertiary/aromatic N) is 3. The molecule has 3 aromatic rings. The summed E-state index contributed by atoms with van der Waals surface area (Å²) in [5, 5.41) is 2.50. The highest BCUT2D eigenvalue weighted by Crippen LogP contribution is 2.31. The third-order valence-corrected chi connectivity index (χ3v) is 3.98. The van der Waals surface area contributed by atoms with E-state index in [1.807, 2.05) is 17.0 Å². The van der Waals surface area contributed by atoms with Crippen LogP contribution in [0.5, 0.6) is 0 Å². The van der Waals surface area contributed by atoms with E-state index >= 15 is 0 Å². The summed E-state index contributed by atoms with van der Waals surface area (Å²) in [5.74, 6) is 1.53. The second-order valence-electron chi connectivity index (χ2n) is 5.07. The Kier molecular flexibility index (Phi) is 3.50. The van der Waals surface area contributed by atoms with Crippen LogP contribution in [0.3, 0.4) is 0 Å². The predicted octanol–water partition coefficient (Wildman–Crippen LogP) is 4.32. The number of imidazole rings is 1. The fraction of sp³-hybridized carbons (Fsp3) is 0.294. The molecule has 0 radical (unpaired) electrons. The highest BCUT2D eigenvalue weighted by molar-refractivity contribution is 5.91. The van der Waals surface area contributed by atoms with Crippen molar-refractivity contribution < 1.29 is 0 Å². The topological polar surface area (TPSA) is 30.7 Å². The van der Waals surface area contributed by atoms with Gasteiger partial charge in [0.1, 0.15) is 12.1 Å². The van der Waals surface area contributed by atoms with Gasteiger partial charge in [0.05, 0.1) is 0 Å². The first-order valence-corrected chi connectivity index (χ1v) is 7.21. The summed E-state index contributed by atoms with van der Waals surface area (Å²) >= 11 is 0. The summed E-state index contributed by atoms with van der Waals surface area (Å²) in [6, 6.07) is 8.52. The molecule has 0 aliphatic carbocycles. The van der Waals surface area contributed by atoms with Crippen LogP contribution in [-0.2, 0) is 0 Å². The van der Waals surface area contributed by atoms with Crippen LogP contribution >= 0.6 is 0 Å². The molecule has 0 unspecified atom stereocenters. The lowest BCUT2D eigenvalue weighted by molar-refractivity contribution is 0.644. The van der Waals surface area contributed by atoms with E-state index in [-0.39, 0.29) is 0 Å². The molecule has 20 heavy (non-hydrogen) atoms. The number of hydrogen-bond donors (Lipinski definition) is 0. The van der Waals surface area contributed by atoms with Crippen LogP contribution in [0.2, 0.25) is 0 Å². The van der Waals surface area contributed by atoms with Crippen molar-refractivity contribution in [3.8, 4) is 5.82 Å². The number of aromatic nitrogens is 3. The molecule has 1 aromatic carbocycles. The fourth-order valence-corrected chi connectivity index (χ4v) is 2.84. The molecule has 102 valence electrons. The van der Waals surface area contributed by atoms with Crippen LogP contribution in [0.15, 0.2) is 49.2 Å². The van der Waals surface area contributed by atoms with Crippen molar-refractivity contribution in [3.63, 3.8) is 0 Å². The summed E-state index contributed by atoms with van der Waals surface area (Å²) in [5.41, 5.74) is 1.36. The van der Waals surface area contributed by atoms with E-state index in [1.54, 1.807) is 12.5 Å². The molecule has 0 fully saturated rings. The average Bonchev–Trinajstić information content (AvgIpc) is 3.02. The van der Waals surface area contributed by atoms with Crippen molar-refractivity contribution in [3.05, 3.63) is 54.7 Å². The number of pyridine rings is 1. The molecule has 0 atom stereocenters. The normalized spacial score (nSPS) is 11.3.